The van der Waals surface area contributed by atoms with Crippen molar-refractivity contribution < 1.29 is 19.8 Å². The largest absolute Gasteiger partial charge is 0.508 e. The number of phenols is 1. The van der Waals surface area contributed by atoms with E-state index in [1.54, 1.807) is 12.1 Å². The second-order valence-electron chi connectivity index (χ2n) is 4.90. The molecule has 1 amide bonds. The number of rotatable bonds is 5. The van der Waals surface area contributed by atoms with Gasteiger partial charge in [-0.25, -0.2) is 0 Å². The Morgan fingerprint density at radius 2 is 1.80 bits per heavy atom. The predicted molar refractivity (Wildman–Crippen MR) is 73.6 cm³/mol. The van der Waals surface area contributed by atoms with E-state index in [2.05, 4.69) is 5.32 Å². The first-order valence-electron chi connectivity index (χ1n) is 6.62. The van der Waals surface area contributed by atoms with Gasteiger partial charge in [-0.2, -0.15) is 0 Å². The number of anilines is 1. The summed E-state index contributed by atoms with van der Waals surface area (Å²) in [5.41, 5.74) is 0.540. The number of carbonyl (C=O) groups excluding carboxylic acids is 1. The van der Waals surface area contributed by atoms with Crippen LogP contribution in [-0.2, 0) is 9.59 Å². The van der Waals surface area contributed by atoms with Gasteiger partial charge in [0.25, 0.3) is 0 Å². The first-order valence-corrected chi connectivity index (χ1v) is 6.62. The van der Waals surface area contributed by atoms with Gasteiger partial charge < -0.3 is 15.5 Å². The zero-order valence-corrected chi connectivity index (χ0v) is 11.1. The third kappa shape index (κ3) is 3.71. The minimum Gasteiger partial charge on any atom is -0.508 e. The van der Waals surface area contributed by atoms with Gasteiger partial charge in [0, 0.05) is 5.69 Å². The minimum atomic E-state index is -0.965. The van der Waals surface area contributed by atoms with Crippen molar-refractivity contribution in [3.05, 3.63) is 24.3 Å². The van der Waals surface area contributed by atoms with E-state index < -0.39 is 12.0 Å². The van der Waals surface area contributed by atoms with Crippen molar-refractivity contribution in [3.63, 3.8) is 0 Å². The van der Waals surface area contributed by atoms with Gasteiger partial charge in [0.1, 0.15) is 11.8 Å². The summed E-state index contributed by atoms with van der Waals surface area (Å²) in [7, 11) is 0. The number of hydrogen-bond acceptors (Lipinski definition) is 4. The summed E-state index contributed by atoms with van der Waals surface area (Å²) in [5.74, 6) is -1.19. The number of hydrogen-bond donors (Lipinski definition) is 3. The number of carboxylic acid groups (broad SMARTS) is 1. The van der Waals surface area contributed by atoms with Crippen LogP contribution in [0.25, 0.3) is 0 Å². The van der Waals surface area contributed by atoms with Gasteiger partial charge in [0.15, 0.2) is 0 Å². The molecule has 1 fully saturated rings. The highest BCUT2D eigenvalue weighted by Crippen LogP contribution is 2.17. The molecular weight excluding hydrogens is 260 g/mol. The lowest BCUT2D eigenvalue weighted by atomic mass is 10.1. The lowest BCUT2D eigenvalue weighted by Gasteiger charge is -2.23. The molecule has 1 aliphatic rings. The van der Waals surface area contributed by atoms with Gasteiger partial charge in [0.2, 0.25) is 5.91 Å². The number of nitrogens with zero attached hydrogens (tertiary/aromatic N) is 1. The highest BCUT2D eigenvalue weighted by atomic mass is 16.4. The van der Waals surface area contributed by atoms with Gasteiger partial charge in [-0.05, 0) is 50.2 Å². The van der Waals surface area contributed by atoms with Crippen LogP contribution in [0.15, 0.2) is 24.3 Å². The van der Waals surface area contributed by atoms with E-state index >= 15 is 0 Å². The van der Waals surface area contributed by atoms with E-state index in [1.807, 2.05) is 4.90 Å². The summed E-state index contributed by atoms with van der Waals surface area (Å²) >= 11 is 0. The molecule has 20 heavy (non-hydrogen) atoms. The average Bonchev–Trinajstić information content (AvgIpc) is 2.92. The fourth-order valence-electron chi connectivity index (χ4n) is 2.36. The topological polar surface area (TPSA) is 89.9 Å². The first-order chi connectivity index (χ1) is 9.56. The van der Waals surface area contributed by atoms with Crippen LogP contribution in [-0.4, -0.2) is 46.1 Å². The Morgan fingerprint density at radius 3 is 2.35 bits per heavy atom. The third-order valence-corrected chi connectivity index (χ3v) is 3.40. The Balaban J connectivity index is 1.94. The van der Waals surface area contributed by atoms with Crippen molar-refractivity contribution in [2.75, 3.05) is 18.4 Å². The summed E-state index contributed by atoms with van der Waals surface area (Å²) < 4.78 is 0. The molecule has 0 unspecified atom stereocenters. The number of phenolic OH excluding ortho intramolecular Hbond substituents is 1. The summed E-state index contributed by atoms with van der Waals surface area (Å²) in [6, 6.07) is 5.29. The van der Waals surface area contributed by atoms with E-state index in [-0.39, 0.29) is 18.1 Å². The summed E-state index contributed by atoms with van der Waals surface area (Å²) in [4.78, 5) is 25.0. The fraction of sp³-hybridized carbons (Fsp3) is 0.429. The van der Waals surface area contributed by atoms with Crippen LogP contribution in [0.1, 0.15) is 19.3 Å². The smallest absolute Gasteiger partial charge is 0.321 e. The van der Waals surface area contributed by atoms with Crippen molar-refractivity contribution in [2.45, 2.75) is 25.3 Å². The van der Waals surface area contributed by atoms with Crippen molar-refractivity contribution in [2.24, 2.45) is 0 Å². The van der Waals surface area contributed by atoms with Gasteiger partial charge in [-0.1, -0.05) is 0 Å². The highest BCUT2D eigenvalue weighted by Gasteiger charge is 2.29. The molecule has 0 aromatic heterocycles. The Morgan fingerprint density at radius 1 is 1.20 bits per heavy atom. The van der Waals surface area contributed by atoms with Crippen LogP contribution in [0.4, 0.5) is 5.69 Å². The van der Waals surface area contributed by atoms with Crippen LogP contribution in [0.2, 0.25) is 0 Å². The molecular formula is C14H18N2O4. The Hall–Kier alpha value is -2.08. The molecule has 3 N–H and O–H groups in total. The molecule has 2 rings (SSSR count). The number of likely N-dealkylation sites (tertiary alicyclic amines) is 1. The zero-order chi connectivity index (χ0) is 14.5. The fourth-order valence-corrected chi connectivity index (χ4v) is 2.36. The molecule has 1 aromatic rings. The molecule has 0 aliphatic carbocycles. The number of nitrogens with one attached hydrogen (secondary N) is 1. The molecule has 1 atom stereocenters. The predicted octanol–water partition coefficient (Wildman–Crippen LogP) is 1.27. The van der Waals surface area contributed by atoms with Crippen molar-refractivity contribution in [3.8, 4) is 5.75 Å². The summed E-state index contributed by atoms with van der Waals surface area (Å²) in [6.07, 6.45) is 1.88. The monoisotopic (exact) mass is 278 g/mol. The first kappa shape index (κ1) is 14.3. The molecule has 1 heterocycles. The van der Waals surface area contributed by atoms with E-state index in [9.17, 15) is 14.7 Å². The number of amides is 1. The van der Waals surface area contributed by atoms with Crippen LogP contribution in [0, 0.1) is 0 Å². The molecule has 6 nitrogen and oxygen atoms in total. The number of carbonyl (C=O) groups is 2. The van der Waals surface area contributed by atoms with Gasteiger partial charge in [-0.3, -0.25) is 14.5 Å². The quantitative estimate of drug-likeness (QED) is 0.706. The van der Waals surface area contributed by atoms with Crippen LogP contribution in [0.3, 0.4) is 0 Å². The van der Waals surface area contributed by atoms with Gasteiger partial charge >= 0.3 is 5.97 Å². The molecule has 1 aliphatic heterocycles. The van der Waals surface area contributed by atoms with Crippen LogP contribution >= 0.6 is 0 Å². The standard InChI is InChI=1S/C14H18N2O4/c17-11-5-3-10(4-6-11)15-13(18)9-12(14(19)20)16-7-1-2-8-16/h3-6,12,17H,1-2,7-9H2,(H,15,18)(H,19,20)/t12-/m1/s1. The Bertz CT molecular complexity index is 480. The average molecular weight is 278 g/mol. The molecule has 0 radical (unpaired) electrons. The maximum absolute atomic E-state index is 11.9. The van der Waals surface area contributed by atoms with Gasteiger partial charge in [-0.15, -0.1) is 0 Å². The van der Waals surface area contributed by atoms with Gasteiger partial charge in [0.05, 0.1) is 6.42 Å². The lowest BCUT2D eigenvalue weighted by molar-refractivity contribution is -0.144. The molecule has 6 heteroatoms. The van der Waals surface area contributed by atoms with Crippen LogP contribution in [0.5, 0.6) is 5.75 Å². The van der Waals surface area contributed by atoms with E-state index in [0.717, 1.165) is 25.9 Å². The van der Waals surface area contributed by atoms with Crippen LogP contribution < -0.4 is 5.32 Å². The number of benzene rings is 1. The van der Waals surface area contributed by atoms with Crippen molar-refractivity contribution in [1.82, 2.24) is 4.90 Å². The minimum absolute atomic E-state index is 0.0732. The number of aliphatic carboxylic acids is 1. The summed E-state index contributed by atoms with van der Waals surface area (Å²) in [6.45, 7) is 1.45. The SMILES string of the molecule is O=C(C[C@H](C(=O)O)N1CCCC1)Nc1ccc(O)cc1. The van der Waals surface area contributed by atoms with E-state index in [0.29, 0.717) is 5.69 Å². The second-order valence-corrected chi connectivity index (χ2v) is 4.90. The normalized spacial score (nSPS) is 16.8. The lowest BCUT2D eigenvalue weighted by Crippen LogP contribution is -2.41. The number of aromatic hydroxyl groups is 1. The zero-order valence-electron chi connectivity index (χ0n) is 11.1. The van der Waals surface area contributed by atoms with Crippen molar-refractivity contribution in [1.29, 1.82) is 0 Å². The molecule has 1 aromatic carbocycles. The molecule has 0 saturated carbocycles. The second kappa shape index (κ2) is 6.38. The molecule has 1 saturated heterocycles. The third-order valence-electron chi connectivity index (χ3n) is 3.40. The highest BCUT2D eigenvalue weighted by molar-refractivity contribution is 5.94. The maximum Gasteiger partial charge on any atom is 0.321 e. The molecule has 108 valence electrons. The Labute approximate surface area is 117 Å². The number of carboxylic acids is 1. The Kier molecular flexibility index (Phi) is 4.57. The molecule has 0 spiro atoms. The van der Waals surface area contributed by atoms with Crippen molar-refractivity contribution >= 4 is 17.6 Å². The molecule has 0 bridgehead atoms. The van der Waals surface area contributed by atoms with E-state index in [1.165, 1.54) is 12.1 Å². The van der Waals surface area contributed by atoms with E-state index in [4.69, 9.17) is 5.11 Å². The maximum atomic E-state index is 11.9. The summed E-state index contributed by atoms with van der Waals surface area (Å²) in [5, 5.41) is 21.0.